The van der Waals surface area contributed by atoms with Gasteiger partial charge in [-0.3, -0.25) is 0 Å². The van der Waals surface area contributed by atoms with Gasteiger partial charge in [-0.1, -0.05) is 60.7 Å². The van der Waals surface area contributed by atoms with E-state index in [1.807, 2.05) is 36.4 Å². The predicted molar refractivity (Wildman–Crippen MR) is 99.2 cm³/mol. The predicted octanol–water partition coefficient (Wildman–Crippen LogP) is 5.90. The van der Waals surface area contributed by atoms with Gasteiger partial charge in [0.15, 0.2) is 0 Å². The summed E-state index contributed by atoms with van der Waals surface area (Å²) in [6.07, 6.45) is 0. The van der Waals surface area contributed by atoms with E-state index < -0.39 is 0 Å². The van der Waals surface area contributed by atoms with Gasteiger partial charge in [-0.05, 0) is 57.3 Å². The molecule has 24 heavy (non-hydrogen) atoms. The topological polar surface area (TPSA) is 26.0 Å². The summed E-state index contributed by atoms with van der Waals surface area (Å²) in [5, 5.41) is 2.30. The Morgan fingerprint density at radius 2 is 1.25 bits per heavy atom. The van der Waals surface area contributed by atoms with Crippen LogP contribution < -0.4 is 5.73 Å². The van der Waals surface area contributed by atoms with Crippen LogP contribution in [0.2, 0.25) is 0 Å². The molecule has 116 valence electrons. The quantitative estimate of drug-likeness (QED) is 0.458. The van der Waals surface area contributed by atoms with Crippen molar-refractivity contribution < 1.29 is 4.39 Å². The molecule has 0 saturated heterocycles. The molecule has 4 aromatic carbocycles. The van der Waals surface area contributed by atoms with Gasteiger partial charge in [0.05, 0.1) is 0 Å². The van der Waals surface area contributed by atoms with Crippen LogP contribution in [0.15, 0.2) is 84.9 Å². The summed E-state index contributed by atoms with van der Waals surface area (Å²) in [6.45, 7) is 0. The first-order valence-corrected chi connectivity index (χ1v) is 7.86. The van der Waals surface area contributed by atoms with Gasteiger partial charge in [0, 0.05) is 5.69 Å². The Hall–Kier alpha value is -3.13. The number of fused-ring (bicyclic) bond motifs is 1. The zero-order valence-corrected chi connectivity index (χ0v) is 13.0. The summed E-state index contributed by atoms with van der Waals surface area (Å²) in [6, 6.07) is 27.0. The third-order valence-electron chi connectivity index (χ3n) is 4.26. The molecule has 0 aliphatic carbocycles. The molecule has 0 spiro atoms. The smallest absolute Gasteiger partial charge is 0.123 e. The van der Waals surface area contributed by atoms with Crippen molar-refractivity contribution >= 4 is 16.5 Å². The number of halogens is 1. The summed E-state index contributed by atoms with van der Waals surface area (Å²) in [5.41, 5.74) is 11.0. The van der Waals surface area contributed by atoms with Crippen LogP contribution in [0.4, 0.5) is 10.1 Å². The van der Waals surface area contributed by atoms with Crippen LogP contribution in [0.25, 0.3) is 33.0 Å². The lowest BCUT2D eigenvalue weighted by molar-refractivity contribution is 0.628. The third kappa shape index (κ3) is 2.52. The molecule has 4 rings (SSSR count). The van der Waals surface area contributed by atoms with Crippen molar-refractivity contribution in [1.82, 2.24) is 0 Å². The van der Waals surface area contributed by atoms with Crippen molar-refractivity contribution in [1.29, 1.82) is 0 Å². The molecule has 0 saturated carbocycles. The summed E-state index contributed by atoms with van der Waals surface area (Å²) in [4.78, 5) is 0. The van der Waals surface area contributed by atoms with E-state index in [0.29, 0.717) is 0 Å². The first-order valence-electron chi connectivity index (χ1n) is 7.86. The molecule has 1 nitrogen and oxygen atoms in total. The van der Waals surface area contributed by atoms with Crippen LogP contribution in [0.3, 0.4) is 0 Å². The van der Waals surface area contributed by atoms with Crippen molar-refractivity contribution in [2.45, 2.75) is 0 Å². The second-order valence-electron chi connectivity index (χ2n) is 5.84. The Labute approximate surface area is 140 Å². The molecular formula is C22H16FN. The largest absolute Gasteiger partial charge is 0.399 e. The molecule has 2 heteroatoms. The Balaban J connectivity index is 2.03. The van der Waals surface area contributed by atoms with Crippen LogP contribution in [0.1, 0.15) is 0 Å². The summed E-state index contributed by atoms with van der Waals surface area (Å²) in [5.74, 6) is -0.227. The number of nitrogens with two attached hydrogens (primary N) is 1. The summed E-state index contributed by atoms with van der Waals surface area (Å²) in [7, 11) is 0. The van der Waals surface area contributed by atoms with Crippen LogP contribution in [-0.2, 0) is 0 Å². The number of hydrogen-bond donors (Lipinski definition) is 1. The van der Waals surface area contributed by atoms with Gasteiger partial charge in [-0.2, -0.15) is 0 Å². The SMILES string of the molecule is Nc1cccc(-c2cccc3cccc(-c4ccc(F)cc4)c23)c1. The maximum atomic E-state index is 13.3. The molecule has 0 amide bonds. The van der Waals surface area contributed by atoms with Crippen LogP contribution in [0, 0.1) is 5.82 Å². The number of hydrogen-bond acceptors (Lipinski definition) is 1. The van der Waals surface area contributed by atoms with Crippen molar-refractivity contribution in [3.8, 4) is 22.3 Å². The van der Waals surface area contributed by atoms with Gasteiger partial charge in [0.1, 0.15) is 5.82 Å². The van der Waals surface area contributed by atoms with E-state index in [0.717, 1.165) is 38.7 Å². The molecule has 0 atom stereocenters. The van der Waals surface area contributed by atoms with Gasteiger partial charge in [0.25, 0.3) is 0 Å². The molecule has 0 aliphatic rings. The van der Waals surface area contributed by atoms with Gasteiger partial charge < -0.3 is 5.73 Å². The molecule has 4 aromatic rings. The fraction of sp³-hybridized carbons (Fsp3) is 0. The molecule has 0 aromatic heterocycles. The lowest BCUT2D eigenvalue weighted by atomic mass is 9.91. The Kier molecular flexibility index (Phi) is 3.51. The van der Waals surface area contributed by atoms with Crippen LogP contribution in [0.5, 0.6) is 0 Å². The zero-order valence-electron chi connectivity index (χ0n) is 13.0. The molecule has 0 heterocycles. The van der Waals surface area contributed by atoms with Crippen molar-refractivity contribution in [3.05, 3.63) is 90.7 Å². The Bertz CT molecular complexity index is 1010. The maximum Gasteiger partial charge on any atom is 0.123 e. The van der Waals surface area contributed by atoms with E-state index in [1.165, 1.54) is 12.1 Å². The average Bonchev–Trinajstić information content (AvgIpc) is 2.61. The maximum absolute atomic E-state index is 13.3. The highest BCUT2D eigenvalue weighted by Gasteiger charge is 2.10. The number of nitrogen functional groups attached to an aromatic ring is 1. The van der Waals surface area contributed by atoms with Crippen LogP contribution in [-0.4, -0.2) is 0 Å². The van der Waals surface area contributed by atoms with Crippen molar-refractivity contribution in [2.24, 2.45) is 0 Å². The lowest BCUT2D eigenvalue weighted by Crippen LogP contribution is -1.89. The average molecular weight is 313 g/mol. The van der Waals surface area contributed by atoms with Crippen molar-refractivity contribution in [2.75, 3.05) is 5.73 Å². The zero-order chi connectivity index (χ0) is 16.5. The minimum absolute atomic E-state index is 0.227. The Morgan fingerprint density at radius 1 is 0.625 bits per heavy atom. The van der Waals surface area contributed by atoms with Gasteiger partial charge in [-0.15, -0.1) is 0 Å². The van der Waals surface area contributed by atoms with Crippen molar-refractivity contribution in [3.63, 3.8) is 0 Å². The number of anilines is 1. The second-order valence-corrected chi connectivity index (χ2v) is 5.84. The number of benzene rings is 4. The highest BCUT2D eigenvalue weighted by Crippen LogP contribution is 2.36. The van der Waals surface area contributed by atoms with E-state index in [2.05, 4.69) is 36.4 Å². The van der Waals surface area contributed by atoms with E-state index in [1.54, 1.807) is 0 Å². The highest BCUT2D eigenvalue weighted by molar-refractivity contribution is 6.06. The van der Waals surface area contributed by atoms with Crippen LogP contribution >= 0.6 is 0 Å². The first-order chi connectivity index (χ1) is 11.7. The highest BCUT2D eigenvalue weighted by atomic mass is 19.1. The molecule has 0 fully saturated rings. The molecule has 0 radical (unpaired) electrons. The molecule has 0 bridgehead atoms. The van der Waals surface area contributed by atoms with E-state index in [-0.39, 0.29) is 5.82 Å². The summed E-state index contributed by atoms with van der Waals surface area (Å²) < 4.78 is 13.3. The first kappa shape index (κ1) is 14.5. The van der Waals surface area contributed by atoms with Gasteiger partial charge >= 0.3 is 0 Å². The fourth-order valence-electron chi connectivity index (χ4n) is 3.16. The van der Waals surface area contributed by atoms with E-state index >= 15 is 0 Å². The molecule has 0 aliphatic heterocycles. The minimum atomic E-state index is -0.227. The molecule has 0 unspecified atom stereocenters. The molecular weight excluding hydrogens is 297 g/mol. The number of rotatable bonds is 2. The Morgan fingerprint density at radius 3 is 1.92 bits per heavy atom. The van der Waals surface area contributed by atoms with Gasteiger partial charge in [-0.25, -0.2) is 4.39 Å². The standard InChI is InChI=1S/C22H16FN/c23-18-12-10-15(11-13-18)20-8-2-4-16-5-3-9-21(22(16)20)17-6-1-7-19(24)14-17/h1-14H,24H2. The third-order valence-corrected chi connectivity index (χ3v) is 4.26. The molecule has 2 N–H and O–H groups in total. The lowest BCUT2D eigenvalue weighted by Gasteiger charge is -2.13. The normalized spacial score (nSPS) is 10.9. The van der Waals surface area contributed by atoms with E-state index in [9.17, 15) is 4.39 Å². The fourth-order valence-corrected chi connectivity index (χ4v) is 3.16. The minimum Gasteiger partial charge on any atom is -0.399 e. The monoisotopic (exact) mass is 313 g/mol. The summed E-state index contributed by atoms with van der Waals surface area (Å²) >= 11 is 0. The van der Waals surface area contributed by atoms with Gasteiger partial charge in [0.2, 0.25) is 0 Å². The second kappa shape index (κ2) is 5.82. The van der Waals surface area contributed by atoms with E-state index in [4.69, 9.17) is 5.73 Å².